The van der Waals surface area contributed by atoms with Crippen LogP contribution in [-0.4, -0.2) is 16.9 Å². The van der Waals surface area contributed by atoms with Crippen molar-refractivity contribution in [3.05, 3.63) is 42.0 Å². The van der Waals surface area contributed by atoms with Crippen molar-refractivity contribution in [1.82, 2.24) is 0 Å². The fourth-order valence-electron chi connectivity index (χ4n) is 2.13. The van der Waals surface area contributed by atoms with Gasteiger partial charge in [-0.15, -0.1) is 0 Å². The lowest BCUT2D eigenvalue weighted by atomic mass is 9.89. The molecule has 3 nitrogen and oxygen atoms in total. The number of carboxylic acids is 1. The average Bonchev–Trinajstić information content (AvgIpc) is 2.71. The van der Waals surface area contributed by atoms with Gasteiger partial charge in [0.1, 0.15) is 0 Å². The highest BCUT2D eigenvalue weighted by molar-refractivity contribution is 6.24. The number of hydrogen-bond donors (Lipinski definition) is 1. The van der Waals surface area contributed by atoms with Crippen LogP contribution in [-0.2, 0) is 9.59 Å². The summed E-state index contributed by atoms with van der Waals surface area (Å²) in [4.78, 5) is 23.0. The van der Waals surface area contributed by atoms with Gasteiger partial charge in [-0.2, -0.15) is 0 Å². The van der Waals surface area contributed by atoms with Gasteiger partial charge in [-0.05, 0) is 12.0 Å². The van der Waals surface area contributed by atoms with Gasteiger partial charge < -0.3 is 5.11 Å². The van der Waals surface area contributed by atoms with Crippen molar-refractivity contribution in [2.24, 2.45) is 11.8 Å². The van der Waals surface area contributed by atoms with Crippen LogP contribution in [0.2, 0.25) is 0 Å². The minimum absolute atomic E-state index is 0.0499. The first-order valence-electron chi connectivity index (χ1n) is 5.64. The van der Waals surface area contributed by atoms with Crippen molar-refractivity contribution in [2.45, 2.75) is 13.3 Å². The molecule has 17 heavy (non-hydrogen) atoms. The molecule has 1 aliphatic rings. The van der Waals surface area contributed by atoms with Gasteiger partial charge in [0.15, 0.2) is 5.78 Å². The molecule has 0 radical (unpaired) electrons. The third-order valence-corrected chi connectivity index (χ3v) is 3.26. The number of Topliss-reactive ketones (excluding diaryl/α,β-unsaturated/α-hetero) is 1. The zero-order valence-corrected chi connectivity index (χ0v) is 9.59. The van der Waals surface area contributed by atoms with E-state index in [1.165, 1.54) is 0 Å². The Bertz CT molecular complexity index is 474. The molecular formula is C14H14O3. The van der Waals surface area contributed by atoms with E-state index in [1.54, 1.807) is 6.92 Å². The van der Waals surface area contributed by atoms with E-state index < -0.39 is 17.8 Å². The minimum atomic E-state index is -0.911. The topological polar surface area (TPSA) is 54.4 Å². The second-order valence-electron chi connectivity index (χ2n) is 4.32. The maximum absolute atomic E-state index is 12.1. The zero-order chi connectivity index (χ0) is 12.4. The summed E-state index contributed by atoms with van der Waals surface area (Å²) in [6, 6.07) is 9.38. The summed E-state index contributed by atoms with van der Waals surface area (Å²) in [6.45, 7) is 1.59. The van der Waals surface area contributed by atoms with E-state index >= 15 is 0 Å². The summed E-state index contributed by atoms with van der Waals surface area (Å²) in [5, 5.41) is 8.94. The summed E-state index contributed by atoms with van der Waals surface area (Å²) >= 11 is 0. The highest BCUT2D eigenvalue weighted by atomic mass is 16.4. The minimum Gasteiger partial charge on any atom is -0.481 e. The second-order valence-corrected chi connectivity index (χ2v) is 4.32. The smallest absolute Gasteiger partial charge is 0.306 e. The van der Waals surface area contributed by atoms with Gasteiger partial charge in [0.05, 0.1) is 5.92 Å². The number of benzene rings is 1. The van der Waals surface area contributed by atoms with Gasteiger partial charge in [0, 0.05) is 11.5 Å². The zero-order valence-electron chi connectivity index (χ0n) is 9.59. The van der Waals surface area contributed by atoms with Gasteiger partial charge in [0.2, 0.25) is 0 Å². The number of rotatable bonds is 3. The second kappa shape index (κ2) is 4.53. The van der Waals surface area contributed by atoms with Crippen LogP contribution in [0.1, 0.15) is 18.9 Å². The third-order valence-electron chi connectivity index (χ3n) is 3.26. The van der Waals surface area contributed by atoms with E-state index in [4.69, 9.17) is 5.11 Å². The van der Waals surface area contributed by atoms with Gasteiger partial charge in [-0.3, -0.25) is 9.59 Å². The van der Waals surface area contributed by atoms with Crippen LogP contribution in [0.15, 0.2) is 36.4 Å². The molecule has 0 spiro atoms. The predicted molar refractivity (Wildman–Crippen MR) is 64.3 cm³/mol. The van der Waals surface area contributed by atoms with Gasteiger partial charge in [0.25, 0.3) is 0 Å². The molecule has 0 aliphatic heterocycles. The summed E-state index contributed by atoms with van der Waals surface area (Å²) < 4.78 is 0. The molecule has 0 saturated carbocycles. The van der Waals surface area contributed by atoms with Gasteiger partial charge in [-0.25, -0.2) is 0 Å². The normalized spacial score (nSPS) is 21.1. The van der Waals surface area contributed by atoms with Crippen molar-refractivity contribution in [1.29, 1.82) is 0 Å². The molecule has 0 bridgehead atoms. The number of carboxylic acid groups (broad SMARTS) is 1. The molecule has 88 valence electrons. The Kier molecular flexibility index (Phi) is 3.09. The maximum Gasteiger partial charge on any atom is 0.306 e. The quantitative estimate of drug-likeness (QED) is 0.867. The number of hydrogen-bond acceptors (Lipinski definition) is 2. The van der Waals surface area contributed by atoms with Crippen LogP contribution >= 0.6 is 0 Å². The highest BCUT2D eigenvalue weighted by Crippen LogP contribution is 2.33. The average molecular weight is 230 g/mol. The SMILES string of the molecule is CC(C(=O)O)C1CC=C(c2ccccc2)C1=O. The molecule has 1 N–H and O–H groups in total. The van der Waals surface area contributed by atoms with Crippen molar-refractivity contribution >= 4 is 17.3 Å². The van der Waals surface area contributed by atoms with E-state index in [-0.39, 0.29) is 5.78 Å². The van der Waals surface area contributed by atoms with Crippen molar-refractivity contribution in [2.75, 3.05) is 0 Å². The molecule has 1 aliphatic carbocycles. The molecular weight excluding hydrogens is 216 g/mol. The molecule has 0 saturated heterocycles. The Labute approximate surface area is 99.8 Å². The molecule has 0 fully saturated rings. The van der Waals surface area contributed by atoms with Crippen LogP contribution in [0.4, 0.5) is 0 Å². The fraction of sp³-hybridized carbons (Fsp3) is 0.286. The molecule has 2 unspecified atom stereocenters. The third kappa shape index (κ3) is 2.13. The Balaban J connectivity index is 2.21. The Hall–Kier alpha value is -1.90. The fourth-order valence-corrected chi connectivity index (χ4v) is 2.13. The lowest BCUT2D eigenvalue weighted by Crippen LogP contribution is -2.24. The van der Waals surface area contributed by atoms with Crippen LogP contribution < -0.4 is 0 Å². The van der Waals surface area contributed by atoms with Crippen LogP contribution in [0.3, 0.4) is 0 Å². The summed E-state index contributed by atoms with van der Waals surface area (Å²) in [5.74, 6) is -2.00. The van der Waals surface area contributed by atoms with Gasteiger partial charge >= 0.3 is 5.97 Å². The standard InChI is InChI=1S/C14H14O3/c1-9(14(16)17)11-7-8-12(13(11)15)10-5-3-2-4-6-10/h2-6,8-9,11H,7H2,1H3,(H,16,17). The van der Waals surface area contributed by atoms with E-state index in [2.05, 4.69) is 0 Å². The van der Waals surface area contributed by atoms with Crippen molar-refractivity contribution in [3.63, 3.8) is 0 Å². The van der Waals surface area contributed by atoms with E-state index in [0.29, 0.717) is 12.0 Å². The number of allylic oxidation sites excluding steroid dienone is 2. The Morgan fingerprint density at radius 1 is 1.35 bits per heavy atom. The molecule has 1 aromatic carbocycles. The Morgan fingerprint density at radius 3 is 2.59 bits per heavy atom. The van der Waals surface area contributed by atoms with E-state index in [0.717, 1.165) is 5.56 Å². The first-order valence-corrected chi connectivity index (χ1v) is 5.64. The summed E-state index contributed by atoms with van der Waals surface area (Å²) in [7, 11) is 0. The monoisotopic (exact) mass is 230 g/mol. The molecule has 0 heterocycles. The highest BCUT2D eigenvalue weighted by Gasteiger charge is 2.35. The molecule has 0 amide bonds. The van der Waals surface area contributed by atoms with Crippen molar-refractivity contribution in [3.8, 4) is 0 Å². The van der Waals surface area contributed by atoms with Gasteiger partial charge in [-0.1, -0.05) is 43.3 Å². The van der Waals surface area contributed by atoms with Crippen LogP contribution in [0.25, 0.3) is 5.57 Å². The van der Waals surface area contributed by atoms with Crippen molar-refractivity contribution < 1.29 is 14.7 Å². The summed E-state index contributed by atoms with van der Waals surface area (Å²) in [6.07, 6.45) is 2.37. The van der Waals surface area contributed by atoms with E-state index in [9.17, 15) is 9.59 Å². The predicted octanol–water partition coefficient (Wildman–Crippen LogP) is 2.38. The Morgan fingerprint density at radius 2 is 2.00 bits per heavy atom. The van der Waals surface area contributed by atoms with E-state index in [1.807, 2.05) is 36.4 Å². The first kappa shape index (κ1) is 11.6. The lowest BCUT2D eigenvalue weighted by molar-refractivity contribution is -0.144. The maximum atomic E-state index is 12.1. The number of ketones is 1. The largest absolute Gasteiger partial charge is 0.481 e. The number of carbonyl (C=O) groups is 2. The first-order chi connectivity index (χ1) is 8.11. The van der Waals surface area contributed by atoms with Crippen LogP contribution in [0, 0.1) is 11.8 Å². The molecule has 0 aromatic heterocycles. The summed E-state index contributed by atoms with van der Waals surface area (Å²) in [5.41, 5.74) is 1.53. The molecule has 3 heteroatoms. The molecule has 1 aromatic rings. The van der Waals surface area contributed by atoms with Crippen LogP contribution in [0.5, 0.6) is 0 Å². The lowest BCUT2D eigenvalue weighted by Gasteiger charge is -2.13. The molecule has 2 atom stereocenters. The number of aliphatic carboxylic acids is 1. The number of carbonyl (C=O) groups excluding carboxylic acids is 1. The molecule has 2 rings (SSSR count).